The van der Waals surface area contributed by atoms with Crippen LogP contribution in [0.25, 0.3) is 0 Å². The Morgan fingerprint density at radius 1 is 0.582 bits per heavy atom. The van der Waals surface area contributed by atoms with E-state index in [0.29, 0.717) is 57.3 Å². The number of hydrogen-bond acceptors (Lipinski definition) is 12. The first kappa shape index (κ1) is 79.6. The highest BCUT2D eigenvalue weighted by atomic mass is 19.4. The third-order valence-electron chi connectivity index (χ3n) is 20.5. The van der Waals surface area contributed by atoms with E-state index in [-0.39, 0.29) is 81.2 Å². The molecule has 1 spiro atoms. The molecule has 3 N–H and O–H groups in total. The molecule has 12 amide bonds. The fourth-order valence-electron chi connectivity index (χ4n) is 14.5. The number of hydrogen-bond donors (Lipinski definition) is 3. The summed E-state index contributed by atoms with van der Waals surface area (Å²) in [5.74, 6) is -10.7. The molecular formula is C70H108F4N12O12. The lowest BCUT2D eigenvalue weighted by molar-refractivity contribution is -0.155. The molecule has 6 rings (SSSR count). The summed E-state index contributed by atoms with van der Waals surface area (Å²) in [7, 11) is 9.75. The van der Waals surface area contributed by atoms with Crippen LogP contribution < -0.4 is 16.0 Å². The van der Waals surface area contributed by atoms with Crippen LogP contribution in [0.4, 0.5) is 17.6 Å². The Hall–Kier alpha value is -7.42. The SMILES string of the molecule is CC(C)C[C@H]1C(=O)N[C@@H](C(C)C)C(=O)N(C)CC(=O)N(C)CC(=O)N(C)[C@@H](CC2CCCCC2)C(=O)N(C)CC(=O)N[C@@H](CCc2ccc(C(F)(F)F)c(F)c2)C(=O)N2CCC[C@H]2C(=O)NC2(CCCC2)C(=O)N(C)[C@@H](CC(C)C)C(=O)N(C)[C@H](C(=O)N2CCCCC2)CC(=O)N1C. The van der Waals surface area contributed by atoms with Crippen LogP contribution in [0.3, 0.4) is 0 Å². The third-order valence-corrected chi connectivity index (χ3v) is 20.5. The van der Waals surface area contributed by atoms with Gasteiger partial charge in [0.15, 0.2) is 0 Å². The second kappa shape index (κ2) is 35.1. The monoisotopic (exact) mass is 1380 g/mol. The Labute approximate surface area is 575 Å². The van der Waals surface area contributed by atoms with Crippen LogP contribution in [0.15, 0.2) is 18.2 Å². The van der Waals surface area contributed by atoms with Gasteiger partial charge in [0.2, 0.25) is 70.9 Å². The van der Waals surface area contributed by atoms with Crippen molar-refractivity contribution in [2.45, 2.75) is 224 Å². The van der Waals surface area contributed by atoms with E-state index in [0.717, 1.165) is 59.3 Å². The van der Waals surface area contributed by atoms with Gasteiger partial charge in [-0.1, -0.05) is 92.6 Å². The number of carbonyl (C=O) groups excluding carboxylic acids is 12. The van der Waals surface area contributed by atoms with Crippen molar-refractivity contribution in [3.63, 3.8) is 0 Å². The molecule has 0 bridgehead atoms. The maximum Gasteiger partial charge on any atom is 0.419 e. The van der Waals surface area contributed by atoms with Crippen LogP contribution >= 0.6 is 0 Å². The lowest BCUT2D eigenvalue weighted by Gasteiger charge is -2.41. The number of nitrogens with one attached hydrogen (secondary N) is 3. The topological polar surface area (TPSA) is 270 Å². The van der Waals surface area contributed by atoms with E-state index in [1.54, 1.807) is 18.7 Å². The molecule has 548 valence electrons. The molecule has 98 heavy (non-hydrogen) atoms. The van der Waals surface area contributed by atoms with Crippen molar-refractivity contribution in [3.05, 3.63) is 35.1 Å². The van der Waals surface area contributed by atoms with Gasteiger partial charge in [0.1, 0.15) is 53.6 Å². The largest absolute Gasteiger partial charge is 0.419 e. The number of likely N-dealkylation sites (tertiary alicyclic amines) is 1. The lowest BCUT2D eigenvalue weighted by atomic mass is 9.84. The zero-order valence-electron chi connectivity index (χ0n) is 59.9. The van der Waals surface area contributed by atoms with E-state index in [4.69, 9.17) is 0 Å². The van der Waals surface area contributed by atoms with Crippen LogP contribution in [0.1, 0.15) is 175 Å². The zero-order valence-corrected chi connectivity index (χ0v) is 59.9. The minimum atomic E-state index is -5.00. The number of halogens is 4. The molecule has 28 heteroatoms. The maximum absolute atomic E-state index is 15.4. The van der Waals surface area contributed by atoms with Crippen molar-refractivity contribution in [1.82, 2.24) is 60.0 Å². The summed E-state index contributed by atoms with van der Waals surface area (Å²) in [4.78, 5) is 189. The fourth-order valence-corrected chi connectivity index (χ4v) is 14.5. The van der Waals surface area contributed by atoms with Gasteiger partial charge in [-0.15, -0.1) is 0 Å². The molecule has 3 saturated heterocycles. The van der Waals surface area contributed by atoms with E-state index >= 15 is 23.6 Å². The normalized spacial score (nSPS) is 25.9. The van der Waals surface area contributed by atoms with Crippen LogP contribution in [0.5, 0.6) is 0 Å². The Balaban J connectivity index is 1.42. The molecule has 7 atom stereocenters. The highest BCUT2D eigenvalue weighted by molar-refractivity contribution is 6.00. The number of piperidine rings is 1. The van der Waals surface area contributed by atoms with Crippen molar-refractivity contribution in [2.75, 3.05) is 88.6 Å². The Bertz CT molecular complexity index is 3040. The number of alkyl halides is 3. The molecular weight excluding hydrogens is 1280 g/mol. The molecule has 2 aliphatic carbocycles. The first-order chi connectivity index (χ1) is 46.0. The van der Waals surface area contributed by atoms with Gasteiger partial charge in [-0.2, -0.15) is 13.2 Å². The molecule has 2 saturated carbocycles. The predicted octanol–water partition coefficient (Wildman–Crippen LogP) is 4.98. The van der Waals surface area contributed by atoms with Crippen LogP contribution in [-0.2, 0) is 70.1 Å². The molecule has 5 fully saturated rings. The van der Waals surface area contributed by atoms with E-state index in [1.807, 2.05) is 27.7 Å². The third kappa shape index (κ3) is 20.4. The molecule has 1 aromatic carbocycles. The number of benzene rings is 1. The summed E-state index contributed by atoms with van der Waals surface area (Å²) in [6.45, 7) is 9.76. The van der Waals surface area contributed by atoms with Gasteiger partial charge in [0.25, 0.3) is 0 Å². The fraction of sp³-hybridized carbons (Fsp3) is 0.743. The number of fused-ring (bicyclic) bond motifs is 1. The van der Waals surface area contributed by atoms with Gasteiger partial charge in [-0.3, -0.25) is 57.5 Å². The molecule has 3 aliphatic heterocycles. The summed E-state index contributed by atoms with van der Waals surface area (Å²) in [6, 6.07) is -6.66. The highest BCUT2D eigenvalue weighted by Gasteiger charge is 2.50. The van der Waals surface area contributed by atoms with Crippen LogP contribution in [0, 0.1) is 29.5 Å². The number of nitrogens with zero attached hydrogens (tertiary/aromatic N) is 9. The van der Waals surface area contributed by atoms with E-state index < -0.39 is 168 Å². The van der Waals surface area contributed by atoms with Gasteiger partial charge in [-0.25, -0.2) is 4.39 Å². The van der Waals surface area contributed by atoms with Crippen molar-refractivity contribution in [3.8, 4) is 0 Å². The number of carbonyl (C=O) groups is 12. The molecule has 5 aliphatic rings. The first-order valence-electron chi connectivity index (χ1n) is 35.1. The smallest absolute Gasteiger partial charge is 0.343 e. The highest BCUT2D eigenvalue weighted by Crippen LogP contribution is 2.36. The van der Waals surface area contributed by atoms with Crippen molar-refractivity contribution in [2.24, 2.45) is 23.7 Å². The Morgan fingerprint density at radius 2 is 1.16 bits per heavy atom. The molecule has 0 unspecified atom stereocenters. The minimum Gasteiger partial charge on any atom is -0.343 e. The quantitative estimate of drug-likeness (QED) is 0.248. The number of likely N-dealkylation sites (N-methyl/N-ethyl adjacent to an activating group) is 7. The van der Waals surface area contributed by atoms with Gasteiger partial charge >= 0.3 is 6.18 Å². The van der Waals surface area contributed by atoms with Crippen LogP contribution in [0.2, 0.25) is 0 Å². The average Bonchev–Trinajstić information content (AvgIpc) is 1.50. The van der Waals surface area contributed by atoms with E-state index in [1.165, 1.54) is 73.8 Å². The lowest BCUT2D eigenvalue weighted by Crippen LogP contribution is -2.64. The summed E-state index contributed by atoms with van der Waals surface area (Å²) in [5.41, 5.74) is -3.05. The maximum atomic E-state index is 15.4. The zero-order chi connectivity index (χ0) is 72.8. The van der Waals surface area contributed by atoms with Gasteiger partial charge < -0.3 is 60.0 Å². The minimum absolute atomic E-state index is 0.00143. The van der Waals surface area contributed by atoms with Crippen LogP contribution in [-0.4, -0.2) is 251 Å². The summed E-state index contributed by atoms with van der Waals surface area (Å²) >= 11 is 0. The summed E-state index contributed by atoms with van der Waals surface area (Å²) < 4.78 is 56.1. The van der Waals surface area contributed by atoms with Crippen molar-refractivity contribution in [1.29, 1.82) is 0 Å². The van der Waals surface area contributed by atoms with Gasteiger partial charge in [-0.05, 0) is 118 Å². The number of rotatable bonds is 11. The van der Waals surface area contributed by atoms with E-state index in [9.17, 15) is 51.5 Å². The van der Waals surface area contributed by atoms with Crippen molar-refractivity contribution < 1.29 is 75.1 Å². The van der Waals surface area contributed by atoms with Crippen molar-refractivity contribution >= 4 is 70.9 Å². The predicted molar refractivity (Wildman–Crippen MR) is 357 cm³/mol. The first-order valence-corrected chi connectivity index (χ1v) is 35.1. The van der Waals surface area contributed by atoms with Gasteiger partial charge in [0.05, 0.1) is 31.6 Å². The molecule has 24 nitrogen and oxygen atoms in total. The average molecular weight is 1390 g/mol. The molecule has 3 heterocycles. The second-order valence-corrected chi connectivity index (χ2v) is 29.3. The van der Waals surface area contributed by atoms with Gasteiger partial charge in [0, 0.05) is 69.0 Å². The standard InChI is InChI=1S/C70H108F4N12O12/c1-43(2)35-52-61(91)76-60(45(5)6)67(97)80(9)41-58(89)78(7)42-59(90)82(11)54(38-46-23-16-14-17-24-46)64(94)79(8)40-56(87)75-50(29-27-47-26-28-48(49(71)37-47)70(72,73)74)63(93)86-34-22-25-51(86)62(92)77-69(30-18-19-31-69)68(98)84(13)53(36-44(3)4)65(95)83(12)55(39-57(88)81(52)10)66(96)85-32-20-15-21-33-85/h26,28,37,43-46,50-55,60H,14-25,27,29-36,38-42H2,1-13H3,(H,75,87)(H,76,91)(H,77,92)/t50-,51-,52-,53-,54-,55-,60-/m0/s1. The Morgan fingerprint density at radius 3 is 1.76 bits per heavy atom. The molecule has 1 aromatic rings. The Kier molecular flexibility index (Phi) is 28.5. The second-order valence-electron chi connectivity index (χ2n) is 29.3. The summed E-state index contributed by atoms with van der Waals surface area (Å²) in [5, 5.41) is 8.54. The number of amides is 12. The van der Waals surface area contributed by atoms with E-state index in [2.05, 4.69) is 16.0 Å². The molecule has 0 radical (unpaired) electrons. The molecule has 0 aromatic heterocycles. The summed E-state index contributed by atoms with van der Waals surface area (Å²) in [6.07, 6.45) is 2.39. The number of aryl methyl sites for hydroxylation is 1.